The van der Waals surface area contributed by atoms with Crippen molar-refractivity contribution in [1.29, 1.82) is 0 Å². The van der Waals surface area contributed by atoms with Gasteiger partial charge in [0.15, 0.2) is 0 Å². The second kappa shape index (κ2) is 15.2. The predicted octanol–water partition coefficient (Wildman–Crippen LogP) is 6.42. The number of hydrogen-bond donors (Lipinski definition) is 2. The Labute approximate surface area is 154 Å². The quantitative estimate of drug-likeness (QED) is 0.278. The fourth-order valence-electron chi connectivity index (χ4n) is 3.30. The van der Waals surface area contributed by atoms with Crippen molar-refractivity contribution in [2.45, 2.75) is 117 Å². The number of carboxylic acid groups (broad SMARTS) is 2. The van der Waals surface area contributed by atoms with Gasteiger partial charge < -0.3 is 10.2 Å². The van der Waals surface area contributed by atoms with Crippen LogP contribution in [0, 0.1) is 5.41 Å². The molecule has 4 heteroatoms. The smallest absolute Gasteiger partial charge is 0.303 e. The number of carboxylic acids is 2. The Morgan fingerprint density at radius 1 is 0.560 bits per heavy atom. The van der Waals surface area contributed by atoms with Gasteiger partial charge in [-0.3, -0.25) is 9.59 Å². The average molecular weight is 357 g/mol. The molecule has 0 heterocycles. The van der Waals surface area contributed by atoms with Crippen LogP contribution in [0.3, 0.4) is 0 Å². The van der Waals surface area contributed by atoms with Gasteiger partial charge in [-0.1, -0.05) is 78.1 Å². The van der Waals surface area contributed by atoms with Crippen molar-refractivity contribution in [2.75, 3.05) is 0 Å². The van der Waals surface area contributed by atoms with Crippen LogP contribution in [0.2, 0.25) is 0 Å². The van der Waals surface area contributed by atoms with E-state index < -0.39 is 11.9 Å². The molecular weight excluding hydrogens is 316 g/mol. The van der Waals surface area contributed by atoms with E-state index in [9.17, 15) is 9.59 Å². The van der Waals surface area contributed by atoms with Crippen molar-refractivity contribution in [2.24, 2.45) is 5.41 Å². The van der Waals surface area contributed by atoms with Gasteiger partial charge in [-0.15, -0.1) is 0 Å². The third kappa shape index (κ3) is 19.1. The Morgan fingerprint density at radius 2 is 0.840 bits per heavy atom. The number of unbranched alkanes of at least 4 members (excludes halogenated alkanes) is 10. The van der Waals surface area contributed by atoms with E-state index in [1.807, 2.05) is 0 Å². The van der Waals surface area contributed by atoms with Crippen molar-refractivity contribution in [3.63, 3.8) is 0 Å². The van der Waals surface area contributed by atoms with Crippen molar-refractivity contribution >= 4 is 11.9 Å². The summed E-state index contributed by atoms with van der Waals surface area (Å²) in [4.78, 5) is 20.8. The lowest BCUT2D eigenvalue weighted by atomic mass is 9.82. The molecule has 0 saturated heterocycles. The molecule has 148 valence electrons. The summed E-state index contributed by atoms with van der Waals surface area (Å²) >= 11 is 0. The summed E-state index contributed by atoms with van der Waals surface area (Å²) in [7, 11) is 0. The summed E-state index contributed by atoms with van der Waals surface area (Å²) in [6, 6.07) is 0. The summed E-state index contributed by atoms with van der Waals surface area (Å²) in [6.45, 7) is 4.74. The molecule has 0 aromatic carbocycles. The van der Waals surface area contributed by atoms with Crippen molar-refractivity contribution < 1.29 is 19.8 Å². The zero-order chi connectivity index (χ0) is 19.0. The van der Waals surface area contributed by atoms with Crippen LogP contribution >= 0.6 is 0 Å². The first-order valence-electron chi connectivity index (χ1n) is 10.3. The highest BCUT2D eigenvalue weighted by Gasteiger charge is 2.16. The maximum Gasteiger partial charge on any atom is 0.303 e. The Hall–Kier alpha value is -1.06. The molecule has 0 aromatic heterocycles. The van der Waals surface area contributed by atoms with Gasteiger partial charge in [-0.25, -0.2) is 0 Å². The van der Waals surface area contributed by atoms with Crippen LogP contribution < -0.4 is 0 Å². The Balaban J connectivity index is 3.40. The summed E-state index contributed by atoms with van der Waals surface area (Å²) in [6.07, 6.45) is 16.8. The molecule has 0 aliphatic rings. The summed E-state index contributed by atoms with van der Waals surface area (Å²) in [5.74, 6) is -1.36. The van der Waals surface area contributed by atoms with Crippen molar-refractivity contribution in [1.82, 2.24) is 0 Å². The van der Waals surface area contributed by atoms with Crippen LogP contribution in [-0.4, -0.2) is 22.2 Å². The standard InChI is InChI=1S/C21H40O4/c1-21(2,17-13-9-5-3-7-11-15-19(22)23)18-14-10-6-4-8-12-16-20(24)25/h3-18H2,1-2H3,(H,22,23)(H,24,25). The second-order valence-corrected chi connectivity index (χ2v) is 8.19. The first-order valence-corrected chi connectivity index (χ1v) is 10.3. The highest BCUT2D eigenvalue weighted by Crippen LogP contribution is 2.30. The average Bonchev–Trinajstić information content (AvgIpc) is 2.51. The molecule has 4 nitrogen and oxygen atoms in total. The van der Waals surface area contributed by atoms with Gasteiger partial charge in [-0.05, 0) is 31.1 Å². The van der Waals surface area contributed by atoms with E-state index in [0.29, 0.717) is 18.3 Å². The predicted molar refractivity (Wildman–Crippen MR) is 103 cm³/mol. The highest BCUT2D eigenvalue weighted by molar-refractivity contribution is 5.66. The van der Waals surface area contributed by atoms with Crippen LogP contribution in [0.4, 0.5) is 0 Å². The molecule has 2 N–H and O–H groups in total. The second-order valence-electron chi connectivity index (χ2n) is 8.19. The van der Waals surface area contributed by atoms with Gasteiger partial charge in [-0.2, -0.15) is 0 Å². The molecule has 0 radical (unpaired) electrons. The van der Waals surface area contributed by atoms with Gasteiger partial charge in [0, 0.05) is 12.8 Å². The lowest BCUT2D eigenvalue weighted by Crippen LogP contribution is -2.11. The number of hydrogen-bond acceptors (Lipinski definition) is 2. The summed E-state index contributed by atoms with van der Waals surface area (Å²) in [5, 5.41) is 17.2. The van der Waals surface area contributed by atoms with Crippen LogP contribution in [-0.2, 0) is 9.59 Å². The third-order valence-corrected chi connectivity index (χ3v) is 4.99. The first kappa shape index (κ1) is 23.9. The monoisotopic (exact) mass is 356 g/mol. The summed E-state index contributed by atoms with van der Waals surface area (Å²) < 4.78 is 0. The van der Waals surface area contributed by atoms with Crippen LogP contribution in [0.1, 0.15) is 117 Å². The molecule has 0 saturated carbocycles. The van der Waals surface area contributed by atoms with Gasteiger partial charge in [0.25, 0.3) is 0 Å². The minimum Gasteiger partial charge on any atom is -0.481 e. The van der Waals surface area contributed by atoms with E-state index in [4.69, 9.17) is 10.2 Å². The van der Waals surface area contributed by atoms with E-state index in [0.717, 1.165) is 38.5 Å². The molecule has 25 heavy (non-hydrogen) atoms. The third-order valence-electron chi connectivity index (χ3n) is 4.99. The molecule has 0 rings (SSSR count). The molecule has 0 aliphatic heterocycles. The van der Waals surface area contributed by atoms with Crippen LogP contribution in [0.15, 0.2) is 0 Å². The van der Waals surface area contributed by atoms with Crippen LogP contribution in [0.5, 0.6) is 0 Å². The Morgan fingerprint density at radius 3 is 1.16 bits per heavy atom. The summed E-state index contributed by atoms with van der Waals surface area (Å²) in [5.41, 5.74) is 0.423. The van der Waals surface area contributed by atoms with E-state index in [1.54, 1.807) is 0 Å². The highest BCUT2D eigenvalue weighted by atomic mass is 16.4. The SMILES string of the molecule is CC(C)(CCCCCCCCC(=O)O)CCCCCCCCC(=O)O. The number of aliphatic carboxylic acids is 2. The van der Waals surface area contributed by atoms with E-state index in [2.05, 4.69) is 13.8 Å². The fourth-order valence-corrected chi connectivity index (χ4v) is 3.30. The molecule has 0 aromatic rings. The normalized spacial score (nSPS) is 11.6. The van der Waals surface area contributed by atoms with Crippen molar-refractivity contribution in [3.05, 3.63) is 0 Å². The lowest BCUT2D eigenvalue weighted by molar-refractivity contribution is -0.138. The Kier molecular flexibility index (Phi) is 14.6. The Bertz CT molecular complexity index is 318. The van der Waals surface area contributed by atoms with Gasteiger partial charge in [0.1, 0.15) is 0 Å². The number of carbonyl (C=O) groups is 2. The van der Waals surface area contributed by atoms with Gasteiger partial charge in [0.05, 0.1) is 0 Å². The first-order chi connectivity index (χ1) is 11.8. The molecule has 0 unspecified atom stereocenters. The minimum absolute atomic E-state index is 0.312. The van der Waals surface area contributed by atoms with Crippen molar-refractivity contribution in [3.8, 4) is 0 Å². The molecule has 0 bridgehead atoms. The topological polar surface area (TPSA) is 74.6 Å². The van der Waals surface area contributed by atoms with Gasteiger partial charge >= 0.3 is 11.9 Å². The molecule has 0 atom stereocenters. The van der Waals surface area contributed by atoms with E-state index >= 15 is 0 Å². The number of rotatable bonds is 18. The molecule has 0 aliphatic carbocycles. The largest absolute Gasteiger partial charge is 0.481 e. The zero-order valence-corrected chi connectivity index (χ0v) is 16.5. The minimum atomic E-state index is -0.679. The fraction of sp³-hybridized carbons (Fsp3) is 0.905. The molecular formula is C21H40O4. The lowest BCUT2D eigenvalue weighted by Gasteiger charge is -2.24. The maximum absolute atomic E-state index is 10.4. The van der Waals surface area contributed by atoms with E-state index in [1.165, 1.54) is 51.4 Å². The maximum atomic E-state index is 10.4. The zero-order valence-electron chi connectivity index (χ0n) is 16.5. The van der Waals surface area contributed by atoms with E-state index in [-0.39, 0.29) is 0 Å². The molecule has 0 fully saturated rings. The molecule has 0 amide bonds. The van der Waals surface area contributed by atoms with Crippen LogP contribution in [0.25, 0.3) is 0 Å². The van der Waals surface area contributed by atoms with Gasteiger partial charge in [0.2, 0.25) is 0 Å². The molecule has 0 spiro atoms.